The van der Waals surface area contributed by atoms with Crippen LogP contribution in [0.2, 0.25) is 0 Å². The Hall–Kier alpha value is -2.24. The molecule has 106 valence electrons. The standard InChI is InChI=1S/C14H17N3O3/c1-15-13(18)9-11-7-8-16(14(19)17(11)15)10-3-5-12(20-2)6-4-10/h3-6,11H,7-9H2,1-2H3. The summed E-state index contributed by atoms with van der Waals surface area (Å²) in [6.45, 7) is 0.632. The minimum atomic E-state index is -0.139. The maximum atomic E-state index is 12.5. The van der Waals surface area contributed by atoms with E-state index in [-0.39, 0.29) is 18.0 Å². The average Bonchev–Trinajstić information content (AvgIpc) is 2.75. The largest absolute Gasteiger partial charge is 0.497 e. The van der Waals surface area contributed by atoms with E-state index in [0.29, 0.717) is 13.0 Å². The molecule has 2 fully saturated rings. The Morgan fingerprint density at radius 1 is 1.20 bits per heavy atom. The van der Waals surface area contributed by atoms with Gasteiger partial charge < -0.3 is 4.74 Å². The van der Waals surface area contributed by atoms with Gasteiger partial charge in [0.2, 0.25) is 5.91 Å². The van der Waals surface area contributed by atoms with Crippen molar-refractivity contribution >= 4 is 17.6 Å². The molecule has 1 aromatic rings. The van der Waals surface area contributed by atoms with E-state index >= 15 is 0 Å². The van der Waals surface area contributed by atoms with Crippen LogP contribution in [0, 0.1) is 0 Å². The molecule has 6 heteroatoms. The van der Waals surface area contributed by atoms with Crippen molar-refractivity contribution in [1.82, 2.24) is 10.0 Å². The SMILES string of the molecule is COc1ccc(N2CCC3CC(=O)N(C)N3C2=O)cc1. The van der Waals surface area contributed by atoms with Gasteiger partial charge in [-0.3, -0.25) is 14.7 Å². The Kier molecular flexibility index (Phi) is 3.00. The monoisotopic (exact) mass is 275 g/mol. The fraction of sp³-hybridized carbons (Fsp3) is 0.429. The number of methoxy groups -OCH3 is 1. The van der Waals surface area contributed by atoms with Gasteiger partial charge in [0.25, 0.3) is 0 Å². The summed E-state index contributed by atoms with van der Waals surface area (Å²) in [5, 5.41) is 3.00. The predicted molar refractivity (Wildman–Crippen MR) is 73.4 cm³/mol. The molecule has 0 bridgehead atoms. The number of amides is 3. The summed E-state index contributed by atoms with van der Waals surface area (Å²) in [6, 6.07) is 7.24. The molecular weight excluding hydrogens is 258 g/mol. The first-order valence-corrected chi connectivity index (χ1v) is 6.63. The Balaban J connectivity index is 1.84. The highest BCUT2D eigenvalue weighted by molar-refractivity contribution is 5.96. The fourth-order valence-corrected chi connectivity index (χ4v) is 2.79. The fourth-order valence-electron chi connectivity index (χ4n) is 2.79. The first-order valence-electron chi connectivity index (χ1n) is 6.63. The molecule has 0 spiro atoms. The first-order chi connectivity index (χ1) is 9.61. The summed E-state index contributed by atoms with van der Waals surface area (Å²) in [5.74, 6) is 0.754. The minimum absolute atomic E-state index is 0.0000640. The Labute approximate surface area is 117 Å². The van der Waals surface area contributed by atoms with E-state index < -0.39 is 0 Å². The number of ether oxygens (including phenoxy) is 1. The van der Waals surface area contributed by atoms with Gasteiger partial charge in [0, 0.05) is 19.3 Å². The number of carbonyl (C=O) groups is 2. The van der Waals surface area contributed by atoms with Crippen molar-refractivity contribution < 1.29 is 14.3 Å². The van der Waals surface area contributed by atoms with Crippen molar-refractivity contribution in [2.45, 2.75) is 18.9 Å². The number of hydrogen-bond donors (Lipinski definition) is 0. The zero-order valence-corrected chi connectivity index (χ0v) is 11.6. The van der Waals surface area contributed by atoms with Gasteiger partial charge in [-0.05, 0) is 30.7 Å². The smallest absolute Gasteiger partial charge is 0.343 e. The third kappa shape index (κ3) is 1.88. The molecule has 3 amide bonds. The number of urea groups is 1. The lowest BCUT2D eigenvalue weighted by Crippen LogP contribution is -2.56. The molecule has 0 saturated carbocycles. The van der Waals surface area contributed by atoms with Gasteiger partial charge in [0.05, 0.1) is 19.6 Å². The van der Waals surface area contributed by atoms with Gasteiger partial charge in [0.15, 0.2) is 0 Å². The molecular formula is C14H17N3O3. The number of fused-ring (bicyclic) bond motifs is 1. The van der Waals surface area contributed by atoms with E-state index in [1.807, 2.05) is 24.3 Å². The van der Waals surface area contributed by atoms with Gasteiger partial charge in [0.1, 0.15) is 5.75 Å². The summed E-state index contributed by atoms with van der Waals surface area (Å²) in [7, 11) is 3.26. The van der Waals surface area contributed by atoms with Crippen molar-refractivity contribution in [3.8, 4) is 5.75 Å². The van der Waals surface area contributed by atoms with Crippen molar-refractivity contribution in [2.75, 3.05) is 25.6 Å². The first kappa shape index (κ1) is 12.8. The van der Waals surface area contributed by atoms with Crippen molar-refractivity contribution in [3.63, 3.8) is 0 Å². The van der Waals surface area contributed by atoms with Crippen LogP contribution in [0.15, 0.2) is 24.3 Å². The summed E-state index contributed by atoms with van der Waals surface area (Å²) in [5.41, 5.74) is 0.821. The number of hydrogen-bond acceptors (Lipinski definition) is 3. The molecule has 2 aliphatic heterocycles. The summed E-state index contributed by atoms with van der Waals surface area (Å²) in [4.78, 5) is 26.0. The topological polar surface area (TPSA) is 53.1 Å². The van der Waals surface area contributed by atoms with E-state index in [9.17, 15) is 9.59 Å². The lowest BCUT2D eigenvalue weighted by molar-refractivity contribution is -0.133. The van der Waals surface area contributed by atoms with Crippen LogP contribution in [0.25, 0.3) is 0 Å². The maximum absolute atomic E-state index is 12.5. The average molecular weight is 275 g/mol. The van der Waals surface area contributed by atoms with E-state index in [1.54, 1.807) is 24.1 Å². The number of anilines is 1. The Morgan fingerprint density at radius 3 is 2.55 bits per heavy atom. The number of rotatable bonds is 2. The summed E-state index contributed by atoms with van der Waals surface area (Å²) < 4.78 is 5.12. The molecule has 0 aromatic heterocycles. The molecule has 2 heterocycles. The van der Waals surface area contributed by atoms with Gasteiger partial charge >= 0.3 is 6.03 Å². The number of hydrazine groups is 1. The number of carbonyl (C=O) groups excluding carboxylic acids is 2. The van der Waals surface area contributed by atoms with Crippen molar-refractivity contribution in [3.05, 3.63) is 24.3 Å². The van der Waals surface area contributed by atoms with Gasteiger partial charge in [-0.15, -0.1) is 0 Å². The molecule has 3 rings (SSSR count). The van der Waals surface area contributed by atoms with Crippen LogP contribution >= 0.6 is 0 Å². The molecule has 1 atom stereocenters. The third-order valence-corrected chi connectivity index (χ3v) is 3.94. The zero-order chi connectivity index (χ0) is 14.3. The van der Waals surface area contributed by atoms with Crippen LogP contribution in [-0.2, 0) is 4.79 Å². The zero-order valence-electron chi connectivity index (χ0n) is 11.6. The van der Waals surface area contributed by atoms with Gasteiger partial charge in [-0.25, -0.2) is 9.80 Å². The van der Waals surface area contributed by atoms with Crippen LogP contribution in [-0.4, -0.2) is 48.7 Å². The van der Waals surface area contributed by atoms with E-state index in [0.717, 1.165) is 17.9 Å². The molecule has 20 heavy (non-hydrogen) atoms. The van der Waals surface area contributed by atoms with E-state index in [1.165, 1.54) is 5.01 Å². The van der Waals surface area contributed by atoms with Crippen LogP contribution in [0.4, 0.5) is 10.5 Å². The number of benzene rings is 1. The second kappa shape index (κ2) is 4.70. The van der Waals surface area contributed by atoms with Crippen LogP contribution in [0.5, 0.6) is 5.75 Å². The molecule has 1 aromatic carbocycles. The normalized spacial score (nSPS) is 22.3. The van der Waals surface area contributed by atoms with Crippen LogP contribution in [0.3, 0.4) is 0 Å². The van der Waals surface area contributed by atoms with E-state index in [2.05, 4.69) is 0 Å². The molecule has 0 radical (unpaired) electrons. The lowest BCUT2D eigenvalue weighted by Gasteiger charge is -2.39. The predicted octanol–water partition coefficient (Wildman–Crippen LogP) is 1.47. The highest BCUT2D eigenvalue weighted by Gasteiger charge is 2.44. The Morgan fingerprint density at radius 2 is 1.90 bits per heavy atom. The molecule has 6 nitrogen and oxygen atoms in total. The minimum Gasteiger partial charge on any atom is -0.497 e. The molecule has 2 aliphatic rings. The van der Waals surface area contributed by atoms with Crippen LogP contribution < -0.4 is 9.64 Å². The molecule has 1 unspecified atom stereocenters. The maximum Gasteiger partial charge on any atom is 0.343 e. The summed E-state index contributed by atoms with van der Waals surface area (Å²) in [6.07, 6.45) is 1.23. The van der Waals surface area contributed by atoms with Crippen molar-refractivity contribution in [1.29, 1.82) is 0 Å². The highest BCUT2D eigenvalue weighted by atomic mass is 16.5. The van der Waals surface area contributed by atoms with Gasteiger partial charge in [-0.2, -0.15) is 0 Å². The van der Waals surface area contributed by atoms with Crippen molar-refractivity contribution in [2.24, 2.45) is 0 Å². The Bertz CT molecular complexity index is 543. The quantitative estimate of drug-likeness (QED) is 0.821. The lowest BCUT2D eigenvalue weighted by atomic mass is 10.1. The molecule has 0 N–H and O–H groups in total. The van der Waals surface area contributed by atoms with E-state index in [4.69, 9.17) is 4.74 Å². The van der Waals surface area contributed by atoms with Gasteiger partial charge in [-0.1, -0.05) is 0 Å². The number of nitrogens with zero attached hydrogens (tertiary/aromatic N) is 3. The molecule has 2 saturated heterocycles. The second-order valence-electron chi connectivity index (χ2n) is 5.04. The third-order valence-electron chi connectivity index (χ3n) is 3.94. The molecule has 0 aliphatic carbocycles. The summed E-state index contributed by atoms with van der Waals surface area (Å²) >= 11 is 0. The highest BCUT2D eigenvalue weighted by Crippen LogP contribution is 2.30. The van der Waals surface area contributed by atoms with Crippen LogP contribution in [0.1, 0.15) is 12.8 Å². The second-order valence-corrected chi connectivity index (χ2v) is 5.04.